The molecule has 0 aliphatic rings. The van der Waals surface area contributed by atoms with E-state index in [4.69, 9.17) is 0 Å². The number of fused-ring (bicyclic) bond motifs is 1. The van der Waals surface area contributed by atoms with E-state index < -0.39 is 12.1 Å². The lowest BCUT2D eigenvalue weighted by molar-refractivity contribution is -0.167. The fraction of sp³-hybridized carbons (Fsp3) is 0.0625. The molecule has 1 aromatic carbocycles. The number of alkyl halides is 3. The van der Waals surface area contributed by atoms with Crippen LogP contribution in [0.2, 0.25) is 0 Å². The first kappa shape index (κ1) is 15.7. The van der Waals surface area contributed by atoms with Gasteiger partial charge in [-0.25, -0.2) is 4.98 Å². The van der Waals surface area contributed by atoms with E-state index in [-0.39, 0.29) is 17.0 Å². The van der Waals surface area contributed by atoms with Crippen molar-refractivity contribution in [1.82, 2.24) is 9.38 Å². The first-order chi connectivity index (χ1) is 11.4. The number of carbonyl (C=O) groups is 2. The minimum atomic E-state index is -4.97. The van der Waals surface area contributed by atoms with Crippen molar-refractivity contribution in [1.29, 1.82) is 0 Å². The fourth-order valence-electron chi connectivity index (χ4n) is 2.16. The number of hydrogen-bond acceptors (Lipinski definition) is 3. The summed E-state index contributed by atoms with van der Waals surface area (Å²) in [6.45, 7) is 0. The molecule has 0 unspecified atom stereocenters. The molecule has 8 heteroatoms. The number of anilines is 1. The van der Waals surface area contributed by atoms with Gasteiger partial charge >= 0.3 is 12.1 Å². The SMILES string of the molecule is O=C(c1ccc(NC(=O)C(F)(F)F)cc1)c1cnc2ccccn12. The Labute approximate surface area is 133 Å². The molecule has 0 bridgehead atoms. The van der Waals surface area contributed by atoms with E-state index in [0.717, 1.165) is 0 Å². The minimum Gasteiger partial charge on any atom is -0.318 e. The number of imidazole rings is 1. The maximum atomic E-state index is 12.5. The van der Waals surface area contributed by atoms with Crippen LogP contribution in [0.25, 0.3) is 5.65 Å². The molecule has 1 amide bonds. The smallest absolute Gasteiger partial charge is 0.318 e. The number of pyridine rings is 1. The molecule has 0 spiro atoms. The number of amides is 1. The van der Waals surface area contributed by atoms with Gasteiger partial charge in [0.05, 0.1) is 6.20 Å². The topological polar surface area (TPSA) is 63.5 Å². The van der Waals surface area contributed by atoms with Gasteiger partial charge in [0.25, 0.3) is 0 Å². The van der Waals surface area contributed by atoms with Crippen molar-refractivity contribution in [2.75, 3.05) is 5.32 Å². The Kier molecular flexibility index (Phi) is 3.80. The molecule has 2 heterocycles. The van der Waals surface area contributed by atoms with Gasteiger partial charge in [0.1, 0.15) is 11.3 Å². The molecule has 24 heavy (non-hydrogen) atoms. The van der Waals surface area contributed by atoms with Crippen LogP contribution in [0.5, 0.6) is 0 Å². The van der Waals surface area contributed by atoms with Crippen LogP contribution < -0.4 is 5.32 Å². The van der Waals surface area contributed by atoms with Crippen molar-refractivity contribution in [3.63, 3.8) is 0 Å². The molecule has 0 aliphatic carbocycles. The molecular formula is C16H10F3N3O2. The molecule has 5 nitrogen and oxygen atoms in total. The third kappa shape index (κ3) is 2.98. The van der Waals surface area contributed by atoms with Crippen LogP contribution in [0.15, 0.2) is 54.9 Å². The largest absolute Gasteiger partial charge is 0.471 e. The Morgan fingerprint density at radius 1 is 1.04 bits per heavy atom. The minimum absolute atomic E-state index is 0.0491. The number of nitrogens with one attached hydrogen (secondary N) is 1. The second kappa shape index (κ2) is 5.80. The second-order valence-electron chi connectivity index (χ2n) is 4.93. The van der Waals surface area contributed by atoms with Crippen LogP contribution >= 0.6 is 0 Å². The van der Waals surface area contributed by atoms with E-state index in [2.05, 4.69) is 4.98 Å². The Bertz CT molecular complexity index is 914. The van der Waals surface area contributed by atoms with Crippen LogP contribution in [-0.4, -0.2) is 27.3 Å². The first-order valence-corrected chi connectivity index (χ1v) is 6.81. The number of ketones is 1. The van der Waals surface area contributed by atoms with Crippen molar-refractivity contribution in [3.05, 3.63) is 66.1 Å². The number of carbonyl (C=O) groups excluding carboxylic acids is 2. The number of nitrogens with zero attached hydrogens (tertiary/aromatic N) is 2. The van der Waals surface area contributed by atoms with E-state index in [1.807, 2.05) is 0 Å². The maximum absolute atomic E-state index is 12.5. The van der Waals surface area contributed by atoms with Gasteiger partial charge in [-0.1, -0.05) is 6.07 Å². The molecular weight excluding hydrogens is 323 g/mol. The van der Waals surface area contributed by atoms with E-state index >= 15 is 0 Å². The van der Waals surface area contributed by atoms with Crippen LogP contribution in [-0.2, 0) is 4.79 Å². The summed E-state index contributed by atoms with van der Waals surface area (Å²) in [7, 11) is 0. The molecule has 0 saturated heterocycles. The third-order valence-corrected chi connectivity index (χ3v) is 3.31. The summed E-state index contributed by atoms with van der Waals surface area (Å²) in [5.41, 5.74) is 1.16. The average molecular weight is 333 g/mol. The van der Waals surface area contributed by atoms with Crippen molar-refractivity contribution >= 4 is 23.0 Å². The van der Waals surface area contributed by atoms with E-state index in [9.17, 15) is 22.8 Å². The molecule has 0 radical (unpaired) electrons. The monoisotopic (exact) mass is 333 g/mol. The van der Waals surface area contributed by atoms with Gasteiger partial charge in [-0.05, 0) is 36.4 Å². The van der Waals surface area contributed by atoms with Crippen molar-refractivity contribution in [3.8, 4) is 0 Å². The predicted octanol–water partition coefficient (Wildman–Crippen LogP) is 3.07. The lowest BCUT2D eigenvalue weighted by Gasteiger charge is -2.08. The highest BCUT2D eigenvalue weighted by atomic mass is 19.4. The number of benzene rings is 1. The quantitative estimate of drug-likeness (QED) is 0.749. The molecule has 1 N–H and O–H groups in total. The lowest BCUT2D eigenvalue weighted by atomic mass is 10.1. The Morgan fingerprint density at radius 2 is 1.75 bits per heavy atom. The predicted molar refractivity (Wildman–Crippen MR) is 79.8 cm³/mol. The summed E-state index contributed by atoms with van der Waals surface area (Å²) in [6.07, 6.45) is -1.85. The summed E-state index contributed by atoms with van der Waals surface area (Å²) >= 11 is 0. The molecule has 0 atom stereocenters. The molecule has 2 aromatic heterocycles. The third-order valence-electron chi connectivity index (χ3n) is 3.31. The number of hydrogen-bond donors (Lipinski definition) is 1. The Balaban J connectivity index is 1.83. The van der Waals surface area contributed by atoms with E-state index in [0.29, 0.717) is 11.3 Å². The van der Waals surface area contributed by atoms with Gasteiger partial charge in [0, 0.05) is 17.4 Å². The molecule has 122 valence electrons. The lowest BCUT2D eigenvalue weighted by Crippen LogP contribution is -2.29. The summed E-state index contributed by atoms with van der Waals surface area (Å²) in [5.74, 6) is -2.40. The number of rotatable bonds is 3. The molecule has 0 aliphatic heterocycles. The zero-order valence-corrected chi connectivity index (χ0v) is 12.0. The average Bonchev–Trinajstić information content (AvgIpc) is 2.98. The zero-order valence-electron chi connectivity index (χ0n) is 12.0. The Hall–Kier alpha value is -3.16. The zero-order chi connectivity index (χ0) is 17.3. The van der Waals surface area contributed by atoms with E-state index in [1.165, 1.54) is 30.5 Å². The second-order valence-corrected chi connectivity index (χ2v) is 4.93. The fourth-order valence-corrected chi connectivity index (χ4v) is 2.16. The van der Waals surface area contributed by atoms with Crippen molar-refractivity contribution in [2.45, 2.75) is 6.18 Å². The van der Waals surface area contributed by atoms with E-state index in [1.54, 1.807) is 34.1 Å². The van der Waals surface area contributed by atoms with Crippen molar-refractivity contribution < 1.29 is 22.8 Å². The van der Waals surface area contributed by atoms with Gasteiger partial charge in [0.2, 0.25) is 5.78 Å². The summed E-state index contributed by atoms with van der Waals surface area (Å²) in [5, 5.41) is 1.72. The van der Waals surface area contributed by atoms with Crippen LogP contribution in [0, 0.1) is 0 Å². The highest BCUT2D eigenvalue weighted by Crippen LogP contribution is 2.19. The van der Waals surface area contributed by atoms with Crippen LogP contribution in [0.4, 0.5) is 18.9 Å². The van der Waals surface area contributed by atoms with Gasteiger partial charge in [-0.3, -0.25) is 14.0 Å². The Morgan fingerprint density at radius 3 is 2.42 bits per heavy atom. The molecule has 0 fully saturated rings. The number of aromatic nitrogens is 2. The molecule has 3 aromatic rings. The van der Waals surface area contributed by atoms with Gasteiger partial charge < -0.3 is 5.32 Å². The molecule has 3 rings (SSSR count). The molecule has 0 saturated carbocycles. The van der Waals surface area contributed by atoms with Crippen LogP contribution in [0.3, 0.4) is 0 Å². The summed E-state index contributed by atoms with van der Waals surface area (Å²) < 4.78 is 38.2. The summed E-state index contributed by atoms with van der Waals surface area (Å²) in [6, 6.07) is 10.4. The normalized spacial score (nSPS) is 11.5. The highest BCUT2D eigenvalue weighted by Gasteiger charge is 2.38. The summed E-state index contributed by atoms with van der Waals surface area (Å²) in [4.78, 5) is 27.5. The highest BCUT2D eigenvalue weighted by molar-refractivity contribution is 6.08. The van der Waals surface area contributed by atoms with Gasteiger partial charge in [0.15, 0.2) is 0 Å². The first-order valence-electron chi connectivity index (χ1n) is 6.81. The van der Waals surface area contributed by atoms with Crippen LogP contribution in [0.1, 0.15) is 16.1 Å². The van der Waals surface area contributed by atoms with Gasteiger partial charge in [-0.2, -0.15) is 13.2 Å². The standard InChI is InChI=1S/C16H10F3N3O2/c17-16(18,19)15(24)21-11-6-4-10(5-7-11)14(23)12-9-20-13-3-1-2-8-22(12)13/h1-9H,(H,21,24). The van der Waals surface area contributed by atoms with Gasteiger partial charge in [-0.15, -0.1) is 0 Å². The maximum Gasteiger partial charge on any atom is 0.471 e. The number of halogens is 3. The van der Waals surface area contributed by atoms with Crippen molar-refractivity contribution in [2.24, 2.45) is 0 Å².